The Kier molecular flexibility index (Phi) is 4.01. The topological polar surface area (TPSA) is 20.2 Å². The Bertz CT molecular complexity index is 276. The lowest BCUT2D eigenvalue weighted by molar-refractivity contribution is 0.199. The minimum Gasteiger partial charge on any atom is -0.389 e. The molecule has 66 valence electrons. The van der Waals surface area contributed by atoms with Crippen LogP contribution in [-0.2, 0) is 0 Å². The summed E-state index contributed by atoms with van der Waals surface area (Å²) in [6.07, 6.45) is -0.422. The average molecular weight is 406 g/mol. The normalized spacial score (nSPS) is 13.1. The molecule has 0 fully saturated rings. The zero-order chi connectivity index (χ0) is 9.30. The maximum absolute atomic E-state index is 9.32. The van der Waals surface area contributed by atoms with Gasteiger partial charge in [-0.3, -0.25) is 0 Å². The van der Waals surface area contributed by atoms with Gasteiger partial charge in [0.15, 0.2) is 0 Å². The zero-order valence-electron chi connectivity index (χ0n) is 6.31. The summed E-state index contributed by atoms with van der Waals surface area (Å²) < 4.78 is 3.14. The summed E-state index contributed by atoms with van der Waals surface area (Å²) in [5.41, 5.74) is 0.911. The van der Waals surface area contributed by atoms with Crippen molar-refractivity contribution in [3.63, 3.8) is 0 Å². The van der Waals surface area contributed by atoms with Crippen LogP contribution in [0.5, 0.6) is 0 Å². The van der Waals surface area contributed by atoms with Crippen LogP contribution in [0.3, 0.4) is 0 Å². The van der Waals surface area contributed by atoms with E-state index in [4.69, 9.17) is 0 Å². The third-order valence-electron chi connectivity index (χ3n) is 1.49. The van der Waals surface area contributed by atoms with Gasteiger partial charge in [-0.2, -0.15) is 0 Å². The highest BCUT2D eigenvalue weighted by Gasteiger charge is 2.07. The number of hydrogen-bond donors (Lipinski definition) is 1. The first-order chi connectivity index (χ1) is 5.52. The van der Waals surface area contributed by atoms with Gasteiger partial charge in [0.25, 0.3) is 0 Å². The van der Waals surface area contributed by atoms with Gasteiger partial charge in [-0.05, 0) is 79.1 Å². The summed E-state index contributed by atoms with van der Waals surface area (Å²) in [6.45, 7) is 1.75. The fraction of sp³-hybridized carbons (Fsp3) is 0.250. The Hall–Kier alpha value is 0.870. The van der Waals surface area contributed by atoms with Crippen LogP contribution in [0.1, 0.15) is 18.6 Å². The SMILES string of the molecule is CC(O)c1cc(Br)c(I)c(Br)c1. The van der Waals surface area contributed by atoms with Crippen LogP contribution < -0.4 is 0 Å². The van der Waals surface area contributed by atoms with E-state index in [1.165, 1.54) is 0 Å². The van der Waals surface area contributed by atoms with E-state index in [1.54, 1.807) is 6.92 Å². The maximum atomic E-state index is 9.32. The number of benzene rings is 1. The molecule has 1 N–H and O–H groups in total. The van der Waals surface area contributed by atoms with Crippen LogP contribution in [0.25, 0.3) is 0 Å². The molecule has 1 atom stereocenters. The molecule has 1 nitrogen and oxygen atoms in total. The van der Waals surface area contributed by atoms with Gasteiger partial charge in [0.2, 0.25) is 0 Å². The molecule has 0 heterocycles. The van der Waals surface area contributed by atoms with Gasteiger partial charge in [0.05, 0.1) is 6.10 Å². The molecule has 1 aromatic rings. The van der Waals surface area contributed by atoms with Crippen LogP contribution in [0.4, 0.5) is 0 Å². The predicted molar refractivity (Wildman–Crippen MR) is 65.2 cm³/mol. The summed E-state index contributed by atoms with van der Waals surface area (Å²) >= 11 is 9.07. The maximum Gasteiger partial charge on any atom is 0.0762 e. The lowest BCUT2D eigenvalue weighted by Gasteiger charge is -2.07. The third-order valence-corrected chi connectivity index (χ3v) is 5.38. The van der Waals surface area contributed by atoms with Gasteiger partial charge in [-0.15, -0.1) is 0 Å². The minimum absolute atomic E-state index is 0.422. The highest BCUT2D eigenvalue weighted by molar-refractivity contribution is 14.1. The van der Waals surface area contributed by atoms with E-state index in [2.05, 4.69) is 54.5 Å². The van der Waals surface area contributed by atoms with E-state index >= 15 is 0 Å². The molecule has 0 aliphatic rings. The van der Waals surface area contributed by atoms with Gasteiger partial charge in [0, 0.05) is 12.5 Å². The zero-order valence-corrected chi connectivity index (χ0v) is 11.6. The summed E-state index contributed by atoms with van der Waals surface area (Å²) in [6, 6.07) is 3.86. The fourth-order valence-electron chi connectivity index (χ4n) is 0.816. The Morgan fingerprint density at radius 2 is 1.75 bits per heavy atom. The Morgan fingerprint density at radius 1 is 1.33 bits per heavy atom. The van der Waals surface area contributed by atoms with Crippen LogP contribution in [0, 0.1) is 3.57 Å². The first-order valence-electron chi connectivity index (χ1n) is 3.35. The minimum atomic E-state index is -0.422. The second kappa shape index (κ2) is 4.39. The Morgan fingerprint density at radius 3 is 2.08 bits per heavy atom. The van der Waals surface area contributed by atoms with E-state index in [9.17, 15) is 5.11 Å². The summed E-state index contributed by atoms with van der Waals surface area (Å²) in [5.74, 6) is 0. The number of hydrogen-bond acceptors (Lipinski definition) is 1. The molecule has 0 bridgehead atoms. The first-order valence-corrected chi connectivity index (χ1v) is 6.01. The van der Waals surface area contributed by atoms with Gasteiger partial charge in [-0.1, -0.05) is 0 Å². The van der Waals surface area contributed by atoms with E-state index in [1.807, 2.05) is 12.1 Å². The average Bonchev–Trinajstić information content (AvgIpc) is 1.99. The lowest BCUT2D eigenvalue weighted by atomic mass is 10.1. The van der Waals surface area contributed by atoms with Crippen molar-refractivity contribution in [3.8, 4) is 0 Å². The highest BCUT2D eigenvalue weighted by Crippen LogP contribution is 2.30. The largest absolute Gasteiger partial charge is 0.389 e. The second-order valence-corrected chi connectivity index (χ2v) is 5.26. The number of aliphatic hydroxyl groups is 1. The molecule has 1 unspecified atom stereocenters. The van der Waals surface area contributed by atoms with Crippen molar-refractivity contribution in [2.24, 2.45) is 0 Å². The number of halogens is 3. The van der Waals surface area contributed by atoms with Gasteiger partial charge < -0.3 is 5.11 Å². The van der Waals surface area contributed by atoms with Gasteiger partial charge in [0.1, 0.15) is 0 Å². The van der Waals surface area contributed by atoms with Crippen molar-refractivity contribution in [3.05, 3.63) is 30.2 Å². The quantitative estimate of drug-likeness (QED) is 0.555. The summed E-state index contributed by atoms with van der Waals surface area (Å²) in [5, 5.41) is 9.32. The monoisotopic (exact) mass is 404 g/mol. The predicted octanol–water partition coefficient (Wildman–Crippen LogP) is 3.87. The number of rotatable bonds is 1. The van der Waals surface area contributed by atoms with Gasteiger partial charge >= 0.3 is 0 Å². The Balaban J connectivity index is 3.21. The molecule has 0 aliphatic carbocycles. The molecule has 0 amide bonds. The summed E-state index contributed by atoms with van der Waals surface area (Å²) in [7, 11) is 0. The fourth-order valence-corrected chi connectivity index (χ4v) is 2.35. The Labute approximate surface area is 102 Å². The van der Waals surface area contributed by atoms with Crippen molar-refractivity contribution in [2.45, 2.75) is 13.0 Å². The molecule has 4 heteroatoms. The highest BCUT2D eigenvalue weighted by atomic mass is 127. The van der Waals surface area contributed by atoms with Crippen LogP contribution in [0.15, 0.2) is 21.1 Å². The first kappa shape index (κ1) is 10.9. The van der Waals surface area contributed by atoms with Crippen molar-refractivity contribution in [2.75, 3.05) is 0 Å². The summed E-state index contributed by atoms with van der Waals surface area (Å²) in [4.78, 5) is 0. The molecular weight excluding hydrogens is 399 g/mol. The van der Waals surface area contributed by atoms with Crippen LogP contribution in [0.2, 0.25) is 0 Å². The van der Waals surface area contributed by atoms with Crippen molar-refractivity contribution in [1.29, 1.82) is 0 Å². The lowest BCUT2D eigenvalue weighted by Crippen LogP contribution is -1.92. The molecule has 0 aliphatic heterocycles. The van der Waals surface area contributed by atoms with Crippen molar-refractivity contribution >= 4 is 54.5 Å². The van der Waals surface area contributed by atoms with Gasteiger partial charge in [-0.25, -0.2) is 0 Å². The molecule has 0 saturated carbocycles. The third kappa shape index (κ3) is 2.43. The molecule has 0 radical (unpaired) electrons. The van der Waals surface area contributed by atoms with Crippen LogP contribution >= 0.6 is 54.5 Å². The molecule has 1 aromatic carbocycles. The molecule has 12 heavy (non-hydrogen) atoms. The molecule has 0 spiro atoms. The number of aliphatic hydroxyl groups excluding tert-OH is 1. The molecule has 0 saturated heterocycles. The van der Waals surface area contributed by atoms with Crippen molar-refractivity contribution < 1.29 is 5.11 Å². The standard InChI is InChI=1S/C8H7Br2IO/c1-4(12)5-2-6(9)8(11)7(10)3-5/h2-4,12H,1H3. The van der Waals surface area contributed by atoms with Crippen molar-refractivity contribution in [1.82, 2.24) is 0 Å². The molecule has 1 rings (SSSR count). The smallest absolute Gasteiger partial charge is 0.0762 e. The van der Waals surface area contributed by atoms with E-state index < -0.39 is 6.10 Å². The molecule has 0 aromatic heterocycles. The van der Waals surface area contributed by atoms with E-state index in [0.717, 1.165) is 18.1 Å². The van der Waals surface area contributed by atoms with Crippen LogP contribution in [-0.4, -0.2) is 5.11 Å². The van der Waals surface area contributed by atoms with E-state index in [0.29, 0.717) is 0 Å². The molecular formula is C8H7Br2IO. The van der Waals surface area contributed by atoms with E-state index in [-0.39, 0.29) is 0 Å². The second-order valence-electron chi connectivity index (χ2n) is 2.47.